The predicted molar refractivity (Wildman–Crippen MR) is 93.8 cm³/mol. The molecule has 3 rings (SSSR count). The van der Waals surface area contributed by atoms with E-state index in [0.717, 1.165) is 23.5 Å². The Balaban J connectivity index is 2.04. The largest absolute Gasteiger partial charge is 0.423 e. The van der Waals surface area contributed by atoms with Crippen LogP contribution in [0.1, 0.15) is 29.8 Å². The summed E-state index contributed by atoms with van der Waals surface area (Å²) in [6, 6.07) is 10.1. The van der Waals surface area contributed by atoms with Gasteiger partial charge in [-0.2, -0.15) is 0 Å². The normalized spacial score (nSPS) is 10.9. The molecule has 0 saturated heterocycles. The summed E-state index contributed by atoms with van der Waals surface area (Å²) in [7, 11) is 0. The van der Waals surface area contributed by atoms with Crippen LogP contribution in [0.15, 0.2) is 51.0 Å². The first-order valence-electron chi connectivity index (χ1n) is 7.55. The zero-order valence-corrected chi connectivity index (χ0v) is 13.9. The number of carbonyl (C=O) groups is 1. The quantitative estimate of drug-likeness (QED) is 0.526. The van der Waals surface area contributed by atoms with Crippen LogP contribution in [0.2, 0.25) is 0 Å². The number of hydrogen-bond donors (Lipinski definition) is 0. The topological polar surface area (TPSA) is 50.5 Å². The molecule has 0 amide bonds. The second kappa shape index (κ2) is 6.38. The first-order chi connectivity index (χ1) is 11.1. The second-order valence-corrected chi connectivity index (χ2v) is 6.04. The molecule has 0 fully saturated rings. The molecule has 2 aromatic heterocycles. The van der Waals surface area contributed by atoms with Crippen molar-refractivity contribution in [2.24, 2.45) is 0 Å². The minimum absolute atomic E-state index is 0.0541. The lowest BCUT2D eigenvalue weighted by Crippen LogP contribution is -2.22. The Bertz CT molecular complexity index is 906. The Labute approximate surface area is 138 Å². The molecule has 5 heteroatoms. The van der Waals surface area contributed by atoms with Gasteiger partial charge in [0.25, 0.3) is 0 Å². The zero-order valence-electron chi connectivity index (χ0n) is 13.0. The van der Waals surface area contributed by atoms with Crippen molar-refractivity contribution in [1.82, 2.24) is 0 Å². The molecular formula is C18H17NO3S. The predicted octanol–water partition coefficient (Wildman–Crippen LogP) is 3.93. The molecule has 3 aromatic rings. The summed E-state index contributed by atoms with van der Waals surface area (Å²) in [6.07, 6.45) is 0. The van der Waals surface area contributed by atoms with Gasteiger partial charge in [-0.25, -0.2) is 4.79 Å². The Morgan fingerprint density at radius 2 is 1.87 bits per heavy atom. The summed E-state index contributed by atoms with van der Waals surface area (Å²) in [5.41, 5.74) is 1.24. The van der Waals surface area contributed by atoms with Gasteiger partial charge < -0.3 is 9.32 Å². The van der Waals surface area contributed by atoms with Gasteiger partial charge in [0, 0.05) is 30.1 Å². The van der Waals surface area contributed by atoms with Gasteiger partial charge in [0.05, 0.1) is 5.56 Å². The van der Waals surface area contributed by atoms with Crippen molar-refractivity contribution in [2.75, 3.05) is 18.0 Å². The average Bonchev–Trinajstić information content (AvgIpc) is 3.04. The molecule has 23 heavy (non-hydrogen) atoms. The molecule has 0 saturated carbocycles. The molecule has 0 spiro atoms. The van der Waals surface area contributed by atoms with E-state index in [1.807, 2.05) is 11.4 Å². The monoisotopic (exact) mass is 327 g/mol. The van der Waals surface area contributed by atoms with Crippen molar-refractivity contribution < 1.29 is 9.21 Å². The summed E-state index contributed by atoms with van der Waals surface area (Å²) in [5.74, 6) is -0.0541. The van der Waals surface area contributed by atoms with Crippen molar-refractivity contribution in [3.63, 3.8) is 0 Å². The Morgan fingerprint density at radius 3 is 2.61 bits per heavy atom. The molecule has 0 aliphatic heterocycles. The van der Waals surface area contributed by atoms with Crippen molar-refractivity contribution in [3.8, 4) is 0 Å². The van der Waals surface area contributed by atoms with Crippen LogP contribution < -0.4 is 10.5 Å². The van der Waals surface area contributed by atoms with Crippen molar-refractivity contribution in [1.29, 1.82) is 0 Å². The molecular weight excluding hydrogens is 310 g/mol. The third-order valence-corrected chi connectivity index (χ3v) is 4.80. The van der Waals surface area contributed by atoms with Gasteiger partial charge in [-0.1, -0.05) is 12.1 Å². The van der Waals surface area contributed by atoms with Crippen molar-refractivity contribution in [2.45, 2.75) is 13.8 Å². The number of thiophene rings is 1. The van der Waals surface area contributed by atoms with Crippen LogP contribution >= 0.6 is 11.3 Å². The van der Waals surface area contributed by atoms with Crippen LogP contribution in [-0.2, 0) is 0 Å². The van der Waals surface area contributed by atoms with E-state index in [1.165, 1.54) is 6.07 Å². The molecule has 0 aliphatic carbocycles. The summed E-state index contributed by atoms with van der Waals surface area (Å²) < 4.78 is 5.17. The highest BCUT2D eigenvalue weighted by Gasteiger charge is 2.18. The number of fused-ring (bicyclic) bond motifs is 1. The Morgan fingerprint density at radius 1 is 1.13 bits per heavy atom. The lowest BCUT2D eigenvalue weighted by molar-refractivity contribution is 0.103. The molecule has 0 bridgehead atoms. The molecule has 118 valence electrons. The van der Waals surface area contributed by atoms with Crippen LogP contribution in [0.4, 0.5) is 5.00 Å². The summed E-state index contributed by atoms with van der Waals surface area (Å²) >= 11 is 1.57. The highest BCUT2D eigenvalue weighted by Crippen LogP contribution is 2.30. The van der Waals surface area contributed by atoms with Gasteiger partial charge in [-0.05, 0) is 37.4 Å². The maximum atomic E-state index is 12.9. The van der Waals surface area contributed by atoms with E-state index < -0.39 is 5.63 Å². The summed E-state index contributed by atoms with van der Waals surface area (Å²) in [5, 5.41) is 3.72. The maximum Gasteiger partial charge on any atom is 0.336 e. The molecule has 1 aromatic carbocycles. The fourth-order valence-electron chi connectivity index (χ4n) is 2.59. The van der Waals surface area contributed by atoms with E-state index >= 15 is 0 Å². The molecule has 0 N–H and O–H groups in total. The smallest absolute Gasteiger partial charge is 0.336 e. The van der Waals surface area contributed by atoms with Crippen LogP contribution in [0.3, 0.4) is 0 Å². The first-order valence-corrected chi connectivity index (χ1v) is 8.43. The van der Waals surface area contributed by atoms with Gasteiger partial charge in [0.2, 0.25) is 0 Å². The number of carbonyl (C=O) groups excluding carboxylic acids is 1. The van der Waals surface area contributed by atoms with Crippen molar-refractivity contribution >= 4 is 33.1 Å². The molecule has 0 unspecified atom stereocenters. The van der Waals surface area contributed by atoms with Crippen LogP contribution in [0.5, 0.6) is 0 Å². The van der Waals surface area contributed by atoms with Crippen LogP contribution in [0.25, 0.3) is 11.0 Å². The SMILES string of the molecule is CCN(CC)c1sccc1C(=O)c1ccc2ccc(=O)oc2c1. The molecule has 0 radical (unpaired) electrons. The minimum Gasteiger partial charge on any atom is -0.423 e. The number of benzene rings is 1. The van der Waals surface area contributed by atoms with Gasteiger partial charge >= 0.3 is 5.63 Å². The number of ketones is 1. The molecule has 0 atom stereocenters. The minimum atomic E-state index is -0.415. The Hall–Kier alpha value is -2.40. The van der Waals surface area contributed by atoms with E-state index in [2.05, 4.69) is 18.7 Å². The number of hydrogen-bond acceptors (Lipinski definition) is 5. The van der Waals surface area contributed by atoms with Crippen molar-refractivity contribution in [3.05, 3.63) is 63.3 Å². The zero-order chi connectivity index (χ0) is 16.4. The average molecular weight is 327 g/mol. The fourth-order valence-corrected chi connectivity index (χ4v) is 3.62. The molecule has 0 aliphatic rings. The van der Waals surface area contributed by atoms with Gasteiger partial charge in [-0.3, -0.25) is 4.79 Å². The van der Waals surface area contributed by atoms with Crippen LogP contribution in [0, 0.1) is 0 Å². The third kappa shape index (κ3) is 2.92. The summed E-state index contributed by atoms with van der Waals surface area (Å²) in [4.78, 5) is 26.4. The lowest BCUT2D eigenvalue weighted by atomic mass is 10.0. The van der Waals surface area contributed by atoms with E-state index in [0.29, 0.717) is 16.7 Å². The third-order valence-electron chi connectivity index (χ3n) is 3.83. The number of rotatable bonds is 5. The fraction of sp³-hybridized carbons (Fsp3) is 0.222. The van der Waals surface area contributed by atoms with E-state index in [4.69, 9.17) is 4.42 Å². The number of nitrogens with zero attached hydrogens (tertiary/aromatic N) is 1. The van der Waals surface area contributed by atoms with E-state index in [1.54, 1.807) is 35.6 Å². The molecule has 2 heterocycles. The summed E-state index contributed by atoms with van der Waals surface area (Å²) in [6.45, 7) is 5.85. The lowest BCUT2D eigenvalue weighted by Gasteiger charge is -2.20. The van der Waals surface area contributed by atoms with Gasteiger partial charge in [0.1, 0.15) is 10.6 Å². The van der Waals surface area contributed by atoms with Gasteiger partial charge in [0.15, 0.2) is 5.78 Å². The second-order valence-electron chi connectivity index (χ2n) is 5.15. The number of anilines is 1. The van der Waals surface area contributed by atoms with Gasteiger partial charge in [-0.15, -0.1) is 11.3 Å². The first kappa shape index (κ1) is 15.5. The van der Waals surface area contributed by atoms with E-state index in [-0.39, 0.29) is 5.78 Å². The standard InChI is InChI=1S/C18H17NO3S/c1-3-19(4-2)18-14(9-10-23-18)17(21)13-6-5-12-7-8-16(20)22-15(12)11-13/h5-11H,3-4H2,1-2H3. The van der Waals surface area contributed by atoms with E-state index in [9.17, 15) is 9.59 Å². The highest BCUT2D eigenvalue weighted by atomic mass is 32.1. The molecule has 4 nitrogen and oxygen atoms in total. The Kier molecular flexibility index (Phi) is 4.30. The maximum absolute atomic E-state index is 12.9. The highest BCUT2D eigenvalue weighted by molar-refractivity contribution is 7.14. The van der Waals surface area contributed by atoms with Crippen LogP contribution in [-0.4, -0.2) is 18.9 Å².